The van der Waals surface area contributed by atoms with Gasteiger partial charge >= 0.3 is 0 Å². The summed E-state index contributed by atoms with van der Waals surface area (Å²) in [5.41, 5.74) is 2.35. The van der Waals surface area contributed by atoms with Crippen LogP contribution in [0.5, 0.6) is 5.75 Å². The van der Waals surface area contributed by atoms with Crippen LogP contribution >= 0.6 is 39.1 Å². The number of hydrogen-bond acceptors (Lipinski definition) is 3. The molecule has 0 aliphatic carbocycles. The van der Waals surface area contributed by atoms with Crippen LogP contribution in [0.2, 0.25) is 10.0 Å². The minimum Gasteiger partial charge on any atom is -0.481 e. The SMILES string of the molecule is O=C(CCc1ccccc1)Nc1ccc(NC(=O)COc2c(Cl)cc(Cl)cc2Br)cc1. The van der Waals surface area contributed by atoms with Crippen LogP contribution in [0, 0.1) is 0 Å². The second-order valence-electron chi connectivity index (χ2n) is 6.65. The van der Waals surface area contributed by atoms with Gasteiger partial charge in [0, 0.05) is 22.8 Å². The van der Waals surface area contributed by atoms with Crippen LogP contribution in [0.25, 0.3) is 0 Å². The van der Waals surface area contributed by atoms with Gasteiger partial charge in [0.1, 0.15) is 0 Å². The zero-order valence-corrected chi connectivity index (χ0v) is 19.4. The highest BCUT2D eigenvalue weighted by Gasteiger charge is 2.11. The maximum atomic E-state index is 12.2. The average molecular weight is 522 g/mol. The molecule has 2 amide bonds. The van der Waals surface area contributed by atoms with Crippen LogP contribution in [0.3, 0.4) is 0 Å². The molecule has 0 saturated carbocycles. The number of carbonyl (C=O) groups excluding carboxylic acids is 2. The molecule has 0 heterocycles. The lowest BCUT2D eigenvalue weighted by atomic mass is 10.1. The van der Waals surface area contributed by atoms with Crippen molar-refractivity contribution in [3.63, 3.8) is 0 Å². The summed E-state index contributed by atoms with van der Waals surface area (Å²) in [5, 5.41) is 6.34. The second kappa shape index (κ2) is 11.2. The van der Waals surface area contributed by atoms with E-state index in [1.165, 1.54) is 6.07 Å². The number of anilines is 2. The number of carbonyl (C=O) groups is 2. The van der Waals surface area contributed by atoms with Gasteiger partial charge in [0.25, 0.3) is 5.91 Å². The molecule has 3 aromatic rings. The van der Waals surface area contributed by atoms with Crippen LogP contribution in [-0.4, -0.2) is 18.4 Å². The average Bonchev–Trinajstić information content (AvgIpc) is 2.73. The van der Waals surface area contributed by atoms with Crippen molar-refractivity contribution in [2.24, 2.45) is 0 Å². The van der Waals surface area contributed by atoms with Gasteiger partial charge in [0.05, 0.1) is 9.50 Å². The summed E-state index contributed by atoms with van der Waals surface area (Å²) >= 11 is 15.3. The molecule has 0 atom stereocenters. The van der Waals surface area contributed by atoms with Crippen molar-refractivity contribution in [1.29, 1.82) is 0 Å². The Labute approximate surface area is 198 Å². The largest absolute Gasteiger partial charge is 0.481 e. The van der Waals surface area contributed by atoms with Crippen LogP contribution in [0.15, 0.2) is 71.2 Å². The quantitative estimate of drug-likeness (QED) is 0.363. The van der Waals surface area contributed by atoms with E-state index in [0.717, 1.165) is 5.56 Å². The molecule has 0 radical (unpaired) electrons. The zero-order chi connectivity index (χ0) is 22.2. The molecule has 0 spiro atoms. The standard InChI is InChI=1S/C23H19BrCl2N2O3/c24-19-12-16(25)13-20(26)23(19)31-14-22(30)28-18-9-7-17(8-10-18)27-21(29)11-6-15-4-2-1-3-5-15/h1-5,7-10,12-13H,6,11,14H2,(H,27,29)(H,28,30). The van der Waals surface area contributed by atoms with E-state index in [2.05, 4.69) is 26.6 Å². The zero-order valence-electron chi connectivity index (χ0n) is 16.3. The lowest BCUT2D eigenvalue weighted by Crippen LogP contribution is -2.20. The molecule has 31 heavy (non-hydrogen) atoms. The fourth-order valence-electron chi connectivity index (χ4n) is 2.76. The summed E-state index contributed by atoms with van der Waals surface area (Å²) in [4.78, 5) is 24.3. The van der Waals surface area contributed by atoms with E-state index >= 15 is 0 Å². The minimum atomic E-state index is -0.349. The smallest absolute Gasteiger partial charge is 0.262 e. The summed E-state index contributed by atoms with van der Waals surface area (Å²) in [7, 11) is 0. The first kappa shape index (κ1) is 23.1. The number of halogens is 3. The lowest BCUT2D eigenvalue weighted by Gasteiger charge is -2.11. The van der Waals surface area contributed by atoms with Crippen LogP contribution in [0.4, 0.5) is 11.4 Å². The van der Waals surface area contributed by atoms with Crippen molar-refractivity contribution in [1.82, 2.24) is 0 Å². The Balaban J connectivity index is 1.46. The van der Waals surface area contributed by atoms with E-state index in [1.54, 1.807) is 30.3 Å². The summed E-state index contributed by atoms with van der Waals surface area (Å²) in [6.45, 7) is -0.224. The van der Waals surface area contributed by atoms with E-state index < -0.39 is 0 Å². The fraction of sp³-hybridized carbons (Fsp3) is 0.130. The number of ether oxygens (including phenoxy) is 1. The highest BCUT2D eigenvalue weighted by Crippen LogP contribution is 2.36. The van der Waals surface area contributed by atoms with E-state index in [9.17, 15) is 9.59 Å². The van der Waals surface area contributed by atoms with Gasteiger partial charge in [-0.05, 0) is 64.3 Å². The van der Waals surface area contributed by atoms with E-state index in [4.69, 9.17) is 27.9 Å². The number of rotatable bonds is 8. The third kappa shape index (κ3) is 7.28. The van der Waals surface area contributed by atoms with Gasteiger partial charge < -0.3 is 15.4 Å². The van der Waals surface area contributed by atoms with Crippen molar-refractivity contribution in [2.45, 2.75) is 12.8 Å². The van der Waals surface area contributed by atoms with Gasteiger partial charge in [-0.3, -0.25) is 9.59 Å². The van der Waals surface area contributed by atoms with Crippen molar-refractivity contribution >= 4 is 62.3 Å². The molecule has 0 fully saturated rings. The third-order valence-electron chi connectivity index (χ3n) is 4.25. The molecule has 5 nitrogen and oxygen atoms in total. The molecule has 8 heteroatoms. The summed E-state index contributed by atoms with van der Waals surface area (Å²) in [6.07, 6.45) is 1.07. The van der Waals surface area contributed by atoms with Gasteiger partial charge in [-0.2, -0.15) is 0 Å². The Morgan fingerprint density at radius 1 is 0.871 bits per heavy atom. The molecular weight excluding hydrogens is 503 g/mol. The van der Waals surface area contributed by atoms with Crippen molar-refractivity contribution in [2.75, 3.05) is 17.2 Å². The maximum absolute atomic E-state index is 12.2. The number of amides is 2. The van der Waals surface area contributed by atoms with Crippen molar-refractivity contribution < 1.29 is 14.3 Å². The van der Waals surface area contributed by atoms with Gasteiger partial charge in [-0.25, -0.2) is 0 Å². The molecule has 0 aliphatic rings. The molecule has 2 N–H and O–H groups in total. The molecule has 3 aromatic carbocycles. The van der Waals surface area contributed by atoms with Crippen molar-refractivity contribution in [3.8, 4) is 5.75 Å². The summed E-state index contributed by atoms with van der Waals surface area (Å²) < 4.78 is 6.05. The Morgan fingerprint density at radius 2 is 1.48 bits per heavy atom. The third-order valence-corrected chi connectivity index (χ3v) is 5.33. The molecule has 3 rings (SSSR count). The molecular formula is C23H19BrCl2N2O3. The van der Waals surface area contributed by atoms with E-state index in [-0.39, 0.29) is 18.4 Å². The first-order valence-corrected chi connectivity index (χ1v) is 11.0. The second-order valence-corrected chi connectivity index (χ2v) is 8.34. The highest BCUT2D eigenvalue weighted by molar-refractivity contribution is 9.10. The normalized spacial score (nSPS) is 10.4. The number of hydrogen-bond donors (Lipinski definition) is 2. The summed E-state index contributed by atoms with van der Waals surface area (Å²) in [5.74, 6) is -0.0770. The number of aryl methyl sites for hydroxylation is 1. The lowest BCUT2D eigenvalue weighted by molar-refractivity contribution is -0.118. The molecule has 0 bridgehead atoms. The van der Waals surface area contributed by atoms with Crippen LogP contribution < -0.4 is 15.4 Å². The van der Waals surface area contributed by atoms with E-state index in [0.29, 0.717) is 44.5 Å². The van der Waals surface area contributed by atoms with Crippen LogP contribution in [-0.2, 0) is 16.0 Å². The highest BCUT2D eigenvalue weighted by atomic mass is 79.9. The molecule has 0 aliphatic heterocycles. The van der Waals surface area contributed by atoms with Gasteiger partial charge in [0.2, 0.25) is 5.91 Å². The van der Waals surface area contributed by atoms with Gasteiger partial charge in [-0.1, -0.05) is 53.5 Å². The van der Waals surface area contributed by atoms with Crippen molar-refractivity contribution in [3.05, 3.63) is 86.8 Å². The number of benzene rings is 3. The maximum Gasteiger partial charge on any atom is 0.262 e. The minimum absolute atomic E-state index is 0.0699. The topological polar surface area (TPSA) is 67.4 Å². The van der Waals surface area contributed by atoms with Gasteiger partial charge in [-0.15, -0.1) is 0 Å². The first-order valence-electron chi connectivity index (χ1n) is 9.42. The Hall–Kier alpha value is -2.54. The Morgan fingerprint density at radius 3 is 2.10 bits per heavy atom. The fourth-order valence-corrected chi connectivity index (χ4v) is 4.13. The predicted octanol–water partition coefficient (Wildman–Crippen LogP) is 6.34. The molecule has 0 unspecified atom stereocenters. The molecule has 0 saturated heterocycles. The summed E-state index contributed by atoms with van der Waals surface area (Å²) in [6, 6.07) is 19.9. The monoisotopic (exact) mass is 520 g/mol. The number of nitrogens with one attached hydrogen (secondary N) is 2. The first-order chi connectivity index (χ1) is 14.9. The molecule has 160 valence electrons. The van der Waals surface area contributed by atoms with E-state index in [1.807, 2.05) is 30.3 Å². The Kier molecular flexibility index (Phi) is 8.35. The van der Waals surface area contributed by atoms with Crippen LogP contribution in [0.1, 0.15) is 12.0 Å². The Bertz CT molecular complexity index is 1040. The van der Waals surface area contributed by atoms with Gasteiger partial charge in [0.15, 0.2) is 12.4 Å². The predicted molar refractivity (Wildman–Crippen MR) is 128 cm³/mol. The molecule has 0 aromatic heterocycles.